The summed E-state index contributed by atoms with van der Waals surface area (Å²) in [4.78, 5) is 29.3. The summed E-state index contributed by atoms with van der Waals surface area (Å²) in [6.45, 7) is 1.83. The number of hydrogen-bond acceptors (Lipinski definition) is 6. The van der Waals surface area contributed by atoms with Gasteiger partial charge in [0, 0.05) is 18.9 Å². The molecule has 0 radical (unpaired) electrons. The zero-order valence-corrected chi connectivity index (χ0v) is 15.7. The summed E-state index contributed by atoms with van der Waals surface area (Å²) in [7, 11) is 1.63. The van der Waals surface area contributed by atoms with Crippen molar-refractivity contribution >= 4 is 28.3 Å². The van der Waals surface area contributed by atoms with Crippen molar-refractivity contribution < 1.29 is 9.53 Å². The Bertz CT molecular complexity index is 1480. The van der Waals surface area contributed by atoms with E-state index in [0.29, 0.717) is 28.2 Å². The molecule has 0 bridgehead atoms. The lowest BCUT2D eigenvalue weighted by atomic mass is 10.2. The number of benzene rings is 1. The molecule has 0 aliphatic rings. The predicted octanol–water partition coefficient (Wildman–Crippen LogP) is 1.89. The minimum Gasteiger partial charge on any atom is -0.453 e. The maximum Gasteiger partial charge on any atom is 0.359 e. The van der Waals surface area contributed by atoms with Crippen molar-refractivity contribution in [1.82, 2.24) is 28.5 Å². The fourth-order valence-electron chi connectivity index (χ4n) is 3.44. The Morgan fingerprint density at radius 2 is 1.93 bits per heavy atom. The number of aromatic nitrogens is 6. The Balaban J connectivity index is 1.51. The van der Waals surface area contributed by atoms with Crippen molar-refractivity contribution in [2.45, 2.75) is 13.5 Å². The first kappa shape index (κ1) is 17.1. The topological polar surface area (TPSA) is 95.8 Å². The van der Waals surface area contributed by atoms with Gasteiger partial charge in [-0.25, -0.2) is 9.78 Å². The van der Waals surface area contributed by atoms with Crippen LogP contribution in [0.25, 0.3) is 22.3 Å². The number of hydrogen-bond donors (Lipinski definition) is 0. The standard InChI is InChI=1S/C20H16N6O3/c1-12-6-5-9-16-21-14(10-25(12)16)19(28)29-11-17-22-23-20-24(2)18(27)13-7-3-4-8-15(13)26(17)20/h3-10H,11H2,1-2H3. The highest BCUT2D eigenvalue weighted by Gasteiger charge is 2.18. The van der Waals surface area contributed by atoms with E-state index in [1.54, 1.807) is 29.8 Å². The maximum absolute atomic E-state index is 12.5. The normalized spacial score (nSPS) is 11.5. The number of para-hydroxylation sites is 1. The van der Waals surface area contributed by atoms with Crippen molar-refractivity contribution in [3.8, 4) is 0 Å². The second-order valence-electron chi connectivity index (χ2n) is 6.73. The lowest BCUT2D eigenvalue weighted by molar-refractivity contribution is 0.0455. The third kappa shape index (κ3) is 2.59. The Kier molecular flexibility index (Phi) is 3.70. The van der Waals surface area contributed by atoms with Gasteiger partial charge in [-0.05, 0) is 31.2 Å². The number of carbonyl (C=O) groups excluding carboxylic acids is 1. The van der Waals surface area contributed by atoms with Crippen molar-refractivity contribution in [2.24, 2.45) is 7.05 Å². The lowest BCUT2D eigenvalue weighted by Gasteiger charge is -2.07. The fourth-order valence-corrected chi connectivity index (χ4v) is 3.44. The number of imidazole rings is 1. The molecular weight excluding hydrogens is 372 g/mol. The van der Waals surface area contributed by atoms with Crippen LogP contribution in [0.1, 0.15) is 22.0 Å². The smallest absolute Gasteiger partial charge is 0.359 e. The molecule has 1 aromatic carbocycles. The van der Waals surface area contributed by atoms with Crippen LogP contribution in [0.15, 0.2) is 53.5 Å². The van der Waals surface area contributed by atoms with Gasteiger partial charge >= 0.3 is 5.97 Å². The van der Waals surface area contributed by atoms with Gasteiger partial charge in [0.15, 0.2) is 18.1 Å². The van der Waals surface area contributed by atoms with Crippen LogP contribution in [0.4, 0.5) is 0 Å². The molecule has 4 heterocycles. The van der Waals surface area contributed by atoms with Crippen LogP contribution in [-0.4, -0.2) is 34.5 Å². The van der Waals surface area contributed by atoms with Gasteiger partial charge in [-0.3, -0.25) is 13.8 Å². The van der Waals surface area contributed by atoms with Gasteiger partial charge in [-0.15, -0.1) is 10.2 Å². The highest BCUT2D eigenvalue weighted by molar-refractivity contribution is 5.88. The van der Waals surface area contributed by atoms with Crippen LogP contribution in [0.5, 0.6) is 0 Å². The summed E-state index contributed by atoms with van der Waals surface area (Å²) in [5, 5.41) is 8.74. The van der Waals surface area contributed by atoms with Crippen LogP contribution in [0, 0.1) is 6.92 Å². The summed E-state index contributed by atoms with van der Waals surface area (Å²) in [6, 6.07) is 12.8. The summed E-state index contributed by atoms with van der Waals surface area (Å²) in [6.07, 6.45) is 1.65. The predicted molar refractivity (Wildman–Crippen MR) is 105 cm³/mol. The van der Waals surface area contributed by atoms with E-state index >= 15 is 0 Å². The molecule has 0 fully saturated rings. The summed E-state index contributed by atoms with van der Waals surface area (Å²) in [5.74, 6) is 0.238. The van der Waals surface area contributed by atoms with Gasteiger partial charge in [0.2, 0.25) is 5.78 Å². The van der Waals surface area contributed by atoms with Crippen LogP contribution in [0.2, 0.25) is 0 Å². The molecule has 0 saturated carbocycles. The first-order valence-electron chi connectivity index (χ1n) is 8.98. The largest absolute Gasteiger partial charge is 0.453 e. The Morgan fingerprint density at radius 1 is 1.10 bits per heavy atom. The zero-order chi connectivity index (χ0) is 20.1. The molecular formula is C20H16N6O3. The van der Waals surface area contributed by atoms with E-state index in [1.165, 1.54) is 4.57 Å². The third-order valence-corrected chi connectivity index (χ3v) is 4.93. The van der Waals surface area contributed by atoms with Crippen molar-refractivity contribution in [3.05, 3.63) is 76.2 Å². The van der Waals surface area contributed by atoms with E-state index in [9.17, 15) is 9.59 Å². The van der Waals surface area contributed by atoms with E-state index in [-0.39, 0.29) is 17.9 Å². The second kappa shape index (κ2) is 6.26. The zero-order valence-electron chi connectivity index (χ0n) is 15.7. The summed E-state index contributed by atoms with van der Waals surface area (Å²) >= 11 is 0. The molecule has 0 aliphatic heterocycles. The van der Waals surface area contributed by atoms with E-state index < -0.39 is 5.97 Å². The second-order valence-corrected chi connectivity index (χ2v) is 6.73. The van der Waals surface area contributed by atoms with Gasteiger partial charge in [0.1, 0.15) is 5.65 Å². The average Bonchev–Trinajstić information content (AvgIpc) is 3.36. The molecule has 0 unspecified atom stereocenters. The van der Waals surface area contributed by atoms with Gasteiger partial charge in [-0.2, -0.15) is 0 Å². The van der Waals surface area contributed by atoms with Crippen LogP contribution in [0.3, 0.4) is 0 Å². The lowest BCUT2D eigenvalue weighted by Crippen LogP contribution is -2.20. The molecule has 5 rings (SSSR count). The van der Waals surface area contributed by atoms with Crippen molar-refractivity contribution in [1.29, 1.82) is 0 Å². The molecule has 9 heteroatoms. The fraction of sp³-hybridized carbons (Fsp3) is 0.150. The molecule has 0 atom stereocenters. The Labute approximate surface area is 163 Å². The van der Waals surface area contributed by atoms with E-state index in [1.807, 2.05) is 41.7 Å². The summed E-state index contributed by atoms with van der Waals surface area (Å²) in [5.41, 5.74) is 2.34. The number of ether oxygens (including phenoxy) is 1. The van der Waals surface area contributed by atoms with E-state index in [2.05, 4.69) is 15.2 Å². The molecule has 9 nitrogen and oxygen atoms in total. The molecule has 144 valence electrons. The molecule has 0 aliphatic carbocycles. The molecule has 0 saturated heterocycles. The number of rotatable bonds is 3. The average molecular weight is 388 g/mol. The first-order chi connectivity index (χ1) is 14.0. The van der Waals surface area contributed by atoms with Gasteiger partial charge in [0.25, 0.3) is 5.56 Å². The van der Waals surface area contributed by atoms with E-state index in [0.717, 1.165) is 5.69 Å². The molecule has 29 heavy (non-hydrogen) atoms. The van der Waals surface area contributed by atoms with Crippen molar-refractivity contribution in [2.75, 3.05) is 0 Å². The van der Waals surface area contributed by atoms with Crippen LogP contribution in [-0.2, 0) is 18.4 Å². The quantitative estimate of drug-likeness (QED) is 0.438. The van der Waals surface area contributed by atoms with Crippen molar-refractivity contribution in [3.63, 3.8) is 0 Å². The first-order valence-corrected chi connectivity index (χ1v) is 8.98. The highest BCUT2D eigenvalue weighted by Crippen LogP contribution is 2.15. The number of esters is 1. The highest BCUT2D eigenvalue weighted by atomic mass is 16.5. The number of carbonyl (C=O) groups is 1. The monoisotopic (exact) mass is 388 g/mol. The Morgan fingerprint density at radius 3 is 2.76 bits per heavy atom. The third-order valence-electron chi connectivity index (χ3n) is 4.93. The minimum atomic E-state index is -0.557. The van der Waals surface area contributed by atoms with Gasteiger partial charge in [0.05, 0.1) is 10.9 Å². The molecule has 5 aromatic rings. The molecule has 0 amide bonds. The molecule has 4 aromatic heterocycles. The Hall–Kier alpha value is -4.01. The maximum atomic E-state index is 12.5. The van der Waals surface area contributed by atoms with Gasteiger partial charge < -0.3 is 9.14 Å². The number of nitrogens with zero attached hydrogens (tertiary/aromatic N) is 6. The minimum absolute atomic E-state index is 0.102. The van der Waals surface area contributed by atoms with Crippen LogP contribution >= 0.6 is 0 Å². The molecule has 0 spiro atoms. The SMILES string of the molecule is Cc1cccc2nc(C(=O)OCc3nnc4n(C)c(=O)c5ccccc5n34)cn12. The number of fused-ring (bicyclic) bond motifs is 4. The van der Waals surface area contributed by atoms with Crippen LogP contribution < -0.4 is 5.56 Å². The number of aryl methyl sites for hydroxylation is 2. The summed E-state index contributed by atoms with van der Waals surface area (Å²) < 4.78 is 10.4. The number of pyridine rings is 1. The molecule has 0 N–H and O–H groups in total. The van der Waals surface area contributed by atoms with Gasteiger partial charge in [-0.1, -0.05) is 18.2 Å². The van der Waals surface area contributed by atoms with E-state index in [4.69, 9.17) is 4.74 Å².